The quantitative estimate of drug-likeness (QED) is 0.459. The lowest BCUT2D eigenvalue weighted by atomic mass is 9.61. The molecule has 1 aromatic heterocycles. The normalized spacial score (nSPS) is 23.0. The van der Waals surface area contributed by atoms with Gasteiger partial charge in [0.1, 0.15) is 5.75 Å². The number of halogens is 1. The number of benzene rings is 2. The van der Waals surface area contributed by atoms with Gasteiger partial charge in [-0.05, 0) is 77.4 Å². The molecule has 29 heavy (non-hydrogen) atoms. The summed E-state index contributed by atoms with van der Waals surface area (Å²) in [5.74, 6) is 1.71. The third kappa shape index (κ3) is 2.80. The summed E-state index contributed by atoms with van der Waals surface area (Å²) in [6, 6.07) is 14.8. The molecule has 0 amide bonds. The van der Waals surface area contributed by atoms with Gasteiger partial charge < -0.3 is 4.74 Å². The standard InChI is InChI=1S/C25H21FOS2/c1-27-15-5-2-14(3-6-15)4-7-16-12-19-21(28-16)10-8-17-24(19)18-9-11-22-20(25(17)18)13-23(26)29-22/h2-3,5-6,8-11,13,16,18,25H,4,7,12H2,1H3. The number of aryl methyl sites for hydroxylation is 1. The van der Waals surface area contributed by atoms with Gasteiger partial charge in [0.25, 0.3) is 0 Å². The molecule has 1 aliphatic heterocycles. The minimum absolute atomic E-state index is 0.0657. The smallest absolute Gasteiger partial charge is 0.177 e. The van der Waals surface area contributed by atoms with Gasteiger partial charge in [0.15, 0.2) is 5.13 Å². The summed E-state index contributed by atoms with van der Waals surface area (Å²) in [6.45, 7) is 0. The van der Waals surface area contributed by atoms with Gasteiger partial charge in [-0.25, -0.2) is 0 Å². The van der Waals surface area contributed by atoms with Crippen molar-refractivity contribution in [3.63, 3.8) is 0 Å². The van der Waals surface area contributed by atoms with E-state index in [1.54, 1.807) is 18.7 Å². The summed E-state index contributed by atoms with van der Waals surface area (Å²) in [5.41, 5.74) is 7.07. The van der Waals surface area contributed by atoms with E-state index in [0.29, 0.717) is 17.1 Å². The fourth-order valence-electron chi connectivity index (χ4n) is 5.16. The molecular weight excluding hydrogens is 399 g/mol. The fourth-order valence-corrected chi connectivity index (χ4v) is 7.34. The molecule has 6 rings (SSSR count). The Labute approximate surface area is 178 Å². The third-order valence-electron chi connectivity index (χ3n) is 6.57. The monoisotopic (exact) mass is 420 g/mol. The van der Waals surface area contributed by atoms with E-state index < -0.39 is 0 Å². The van der Waals surface area contributed by atoms with Crippen molar-refractivity contribution in [2.24, 2.45) is 0 Å². The molecule has 0 N–H and O–H groups in total. The van der Waals surface area contributed by atoms with Crippen LogP contribution in [0.4, 0.5) is 4.39 Å². The van der Waals surface area contributed by atoms with E-state index in [0.717, 1.165) is 23.5 Å². The maximum Gasteiger partial charge on any atom is 0.177 e. The molecule has 2 aliphatic carbocycles. The summed E-state index contributed by atoms with van der Waals surface area (Å²) in [7, 11) is 1.71. The van der Waals surface area contributed by atoms with Crippen LogP contribution in [-0.4, -0.2) is 12.4 Å². The molecule has 0 saturated heterocycles. The number of ether oxygens (including phenoxy) is 1. The lowest BCUT2D eigenvalue weighted by molar-refractivity contribution is 0.414. The molecule has 3 unspecified atom stereocenters. The summed E-state index contributed by atoms with van der Waals surface area (Å²) < 4.78 is 19.1. The van der Waals surface area contributed by atoms with Crippen LogP contribution >= 0.6 is 23.1 Å². The first-order chi connectivity index (χ1) is 14.2. The van der Waals surface area contributed by atoms with Crippen LogP contribution in [0, 0.1) is 5.13 Å². The molecule has 0 bridgehead atoms. The summed E-state index contributed by atoms with van der Waals surface area (Å²) in [6.07, 6.45) is 7.88. The van der Waals surface area contributed by atoms with Crippen LogP contribution in [-0.2, 0) is 12.8 Å². The molecule has 3 atom stereocenters. The minimum atomic E-state index is -0.0657. The number of thioether (sulfide) groups is 1. The van der Waals surface area contributed by atoms with E-state index in [9.17, 15) is 4.39 Å². The molecule has 146 valence electrons. The van der Waals surface area contributed by atoms with Crippen molar-refractivity contribution in [2.45, 2.75) is 41.2 Å². The molecule has 2 aromatic carbocycles. The summed E-state index contributed by atoms with van der Waals surface area (Å²) in [5, 5.41) is 0.573. The Bertz CT molecular complexity index is 1130. The Kier molecular flexibility index (Phi) is 4.14. The number of allylic oxidation sites excluding steroid dienone is 1. The van der Waals surface area contributed by atoms with Crippen LogP contribution in [0.2, 0.25) is 0 Å². The van der Waals surface area contributed by atoms with E-state index in [1.165, 1.54) is 44.9 Å². The molecule has 0 fully saturated rings. The molecule has 0 saturated carbocycles. The molecular formula is C25H21FOS2. The highest BCUT2D eigenvalue weighted by Gasteiger charge is 2.44. The summed E-state index contributed by atoms with van der Waals surface area (Å²) >= 11 is 3.31. The van der Waals surface area contributed by atoms with E-state index in [2.05, 4.69) is 36.4 Å². The van der Waals surface area contributed by atoms with Crippen LogP contribution in [0.25, 0.3) is 6.08 Å². The van der Waals surface area contributed by atoms with Gasteiger partial charge in [0, 0.05) is 26.9 Å². The number of hydrogen-bond donors (Lipinski definition) is 0. The first-order valence-electron chi connectivity index (χ1n) is 10.1. The highest BCUT2D eigenvalue weighted by Crippen LogP contribution is 2.59. The van der Waals surface area contributed by atoms with Gasteiger partial charge in [0.2, 0.25) is 0 Å². The third-order valence-corrected chi connectivity index (χ3v) is 8.84. The average molecular weight is 421 g/mol. The predicted molar refractivity (Wildman–Crippen MR) is 119 cm³/mol. The van der Waals surface area contributed by atoms with Crippen molar-refractivity contribution in [2.75, 3.05) is 7.11 Å². The van der Waals surface area contributed by atoms with Crippen LogP contribution in [0.15, 0.2) is 53.4 Å². The number of fused-ring (bicyclic) bond motifs is 8. The van der Waals surface area contributed by atoms with Crippen molar-refractivity contribution in [1.29, 1.82) is 0 Å². The molecule has 0 radical (unpaired) electrons. The fraction of sp³-hybridized carbons (Fsp3) is 0.280. The van der Waals surface area contributed by atoms with Crippen molar-refractivity contribution in [1.82, 2.24) is 0 Å². The Morgan fingerprint density at radius 3 is 2.79 bits per heavy atom. The molecule has 2 heterocycles. The molecule has 0 spiro atoms. The second-order valence-corrected chi connectivity index (χ2v) is 10.5. The summed E-state index contributed by atoms with van der Waals surface area (Å²) in [4.78, 5) is 2.55. The number of rotatable bonds is 4. The van der Waals surface area contributed by atoms with Crippen molar-refractivity contribution >= 4 is 29.2 Å². The largest absolute Gasteiger partial charge is 0.497 e. The van der Waals surface area contributed by atoms with Crippen molar-refractivity contribution in [3.8, 4) is 5.75 Å². The van der Waals surface area contributed by atoms with Gasteiger partial charge in [-0.15, -0.1) is 23.1 Å². The van der Waals surface area contributed by atoms with Crippen LogP contribution in [0.5, 0.6) is 5.75 Å². The van der Waals surface area contributed by atoms with Crippen LogP contribution in [0.1, 0.15) is 51.0 Å². The maximum absolute atomic E-state index is 13.8. The van der Waals surface area contributed by atoms with Crippen LogP contribution in [0.3, 0.4) is 0 Å². The molecule has 4 heteroatoms. The topological polar surface area (TPSA) is 9.23 Å². The van der Waals surface area contributed by atoms with E-state index in [-0.39, 0.29) is 5.13 Å². The number of hydrogen-bond acceptors (Lipinski definition) is 3. The lowest BCUT2D eigenvalue weighted by Gasteiger charge is -2.42. The highest BCUT2D eigenvalue weighted by atomic mass is 32.2. The zero-order valence-corrected chi connectivity index (χ0v) is 17.8. The van der Waals surface area contributed by atoms with Gasteiger partial charge in [0.05, 0.1) is 7.11 Å². The van der Waals surface area contributed by atoms with Crippen molar-refractivity contribution < 1.29 is 9.13 Å². The van der Waals surface area contributed by atoms with Gasteiger partial charge in [-0.1, -0.05) is 24.3 Å². The Hall–Kier alpha value is -2.04. The van der Waals surface area contributed by atoms with Crippen LogP contribution < -0.4 is 4.74 Å². The zero-order valence-electron chi connectivity index (χ0n) is 16.2. The molecule has 1 nitrogen and oxygen atoms in total. The Morgan fingerprint density at radius 2 is 1.97 bits per heavy atom. The Morgan fingerprint density at radius 1 is 1.10 bits per heavy atom. The number of methoxy groups -OCH3 is 1. The molecule has 3 aromatic rings. The Balaban J connectivity index is 1.21. The van der Waals surface area contributed by atoms with Gasteiger partial charge in [-0.3, -0.25) is 0 Å². The SMILES string of the molecule is COc1ccc(CCC2Cc3c(ccc4c3C3C=Cc5sc(F)cc5C43)S2)cc1. The maximum atomic E-state index is 13.8. The molecule has 3 aliphatic rings. The average Bonchev–Trinajstić information content (AvgIpc) is 3.30. The zero-order chi connectivity index (χ0) is 19.5. The highest BCUT2D eigenvalue weighted by molar-refractivity contribution is 8.00. The predicted octanol–water partition coefficient (Wildman–Crippen LogP) is 6.80. The lowest BCUT2D eigenvalue weighted by Crippen LogP contribution is -2.27. The van der Waals surface area contributed by atoms with Gasteiger partial charge in [-0.2, -0.15) is 4.39 Å². The van der Waals surface area contributed by atoms with Gasteiger partial charge >= 0.3 is 0 Å². The first-order valence-corrected chi connectivity index (χ1v) is 11.8. The minimum Gasteiger partial charge on any atom is -0.497 e. The van der Waals surface area contributed by atoms with E-state index in [1.807, 2.05) is 23.9 Å². The first kappa shape index (κ1) is 17.8. The second kappa shape index (κ2) is 6.75. The van der Waals surface area contributed by atoms with E-state index >= 15 is 0 Å². The van der Waals surface area contributed by atoms with Crippen molar-refractivity contribution in [3.05, 3.63) is 86.4 Å². The van der Waals surface area contributed by atoms with E-state index in [4.69, 9.17) is 4.74 Å². The second-order valence-electron chi connectivity index (χ2n) is 8.11. The number of thiophene rings is 1.